The van der Waals surface area contributed by atoms with Crippen molar-refractivity contribution in [2.75, 3.05) is 6.61 Å². The molecular formula is C11H12N4O5. The summed E-state index contributed by atoms with van der Waals surface area (Å²) in [5.41, 5.74) is -0.0484. The van der Waals surface area contributed by atoms with Gasteiger partial charge in [0.2, 0.25) is 0 Å². The van der Waals surface area contributed by atoms with Crippen molar-refractivity contribution < 1.29 is 19.7 Å². The highest BCUT2D eigenvalue weighted by atomic mass is 16.5. The van der Waals surface area contributed by atoms with Crippen molar-refractivity contribution in [3.63, 3.8) is 0 Å². The van der Waals surface area contributed by atoms with Gasteiger partial charge in [-0.3, -0.25) is 9.36 Å². The molecule has 1 aliphatic rings. The van der Waals surface area contributed by atoms with Gasteiger partial charge in [-0.25, -0.2) is 9.97 Å². The number of H-pyrrole nitrogens is 1. The number of ether oxygens (including phenoxy) is 1. The van der Waals surface area contributed by atoms with Gasteiger partial charge in [0.25, 0.3) is 5.56 Å². The van der Waals surface area contributed by atoms with E-state index in [1.165, 1.54) is 17.2 Å². The minimum atomic E-state index is -1.12. The number of hydrogen-bond donors (Lipinski definition) is 3. The Morgan fingerprint density at radius 3 is 3.00 bits per heavy atom. The molecule has 2 aromatic rings. The van der Waals surface area contributed by atoms with Crippen LogP contribution in [0.25, 0.3) is 11.2 Å². The molecule has 106 valence electrons. The van der Waals surface area contributed by atoms with Gasteiger partial charge in [-0.05, 0) is 0 Å². The highest BCUT2D eigenvalue weighted by molar-refractivity contribution is 5.69. The van der Waals surface area contributed by atoms with Gasteiger partial charge in [-0.2, -0.15) is 0 Å². The number of carbonyl (C=O) groups excluding carboxylic acids is 1. The van der Waals surface area contributed by atoms with Crippen LogP contribution in [-0.2, 0) is 9.53 Å². The Labute approximate surface area is 111 Å². The zero-order chi connectivity index (χ0) is 14.3. The third-order valence-corrected chi connectivity index (χ3v) is 3.40. The Morgan fingerprint density at radius 2 is 2.30 bits per heavy atom. The van der Waals surface area contributed by atoms with Crippen molar-refractivity contribution in [2.24, 2.45) is 5.92 Å². The molecule has 9 nitrogen and oxygen atoms in total. The van der Waals surface area contributed by atoms with Gasteiger partial charge in [0, 0.05) is 0 Å². The first kappa shape index (κ1) is 12.9. The van der Waals surface area contributed by atoms with Crippen LogP contribution in [0.3, 0.4) is 0 Å². The number of hydrogen-bond acceptors (Lipinski definition) is 7. The number of nitrogens with one attached hydrogen (secondary N) is 1. The highest BCUT2D eigenvalue weighted by Crippen LogP contribution is 2.34. The summed E-state index contributed by atoms with van der Waals surface area (Å²) in [6.07, 6.45) is 0.244. The van der Waals surface area contributed by atoms with E-state index in [4.69, 9.17) is 9.84 Å². The summed E-state index contributed by atoms with van der Waals surface area (Å²) < 4.78 is 6.86. The molecule has 3 heterocycles. The summed E-state index contributed by atoms with van der Waals surface area (Å²) in [6, 6.07) is 0. The van der Waals surface area contributed by atoms with Gasteiger partial charge in [0.15, 0.2) is 11.2 Å². The van der Waals surface area contributed by atoms with Gasteiger partial charge in [-0.1, -0.05) is 0 Å². The van der Waals surface area contributed by atoms with Crippen LogP contribution < -0.4 is 5.56 Å². The normalized spacial score (nSPS) is 29.9. The van der Waals surface area contributed by atoms with E-state index >= 15 is 0 Å². The summed E-state index contributed by atoms with van der Waals surface area (Å²) in [7, 11) is 0. The largest absolute Gasteiger partial charge is 0.394 e. The zero-order valence-corrected chi connectivity index (χ0v) is 10.2. The predicted molar refractivity (Wildman–Crippen MR) is 64.7 cm³/mol. The van der Waals surface area contributed by atoms with Crippen LogP contribution >= 0.6 is 0 Å². The Bertz CT molecular complexity index is 695. The first-order valence-corrected chi connectivity index (χ1v) is 5.97. The molecule has 4 atom stereocenters. The van der Waals surface area contributed by atoms with Crippen molar-refractivity contribution in [3.05, 3.63) is 23.0 Å². The molecule has 1 fully saturated rings. The lowest BCUT2D eigenvalue weighted by Crippen LogP contribution is -2.30. The number of aromatic nitrogens is 4. The van der Waals surface area contributed by atoms with E-state index in [9.17, 15) is 14.7 Å². The molecule has 0 unspecified atom stereocenters. The SMILES string of the molecule is O=C[C@H]1[C@H](O)[C@@H](CO)O[C@H]1n1cnc2c(=O)[nH]cnc21. The second-order valence-corrected chi connectivity index (χ2v) is 4.51. The molecule has 0 amide bonds. The van der Waals surface area contributed by atoms with E-state index in [2.05, 4.69) is 15.0 Å². The van der Waals surface area contributed by atoms with E-state index in [1.54, 1.807) is 0 Å². The average Bonchev–Trinajstić information content (AvgIpc) is 3.00. The van der Waals surface area contributed by atoms with Gasteiger partial charge in [0.1, 0.15) is 18.6 Å². The molecule has 20 heavy (non-hydrogen) atoms. The molecule has 3 rings (SSSR count). The van der Waals surface area contributed by atoms with Crippen molar-refractivity contribution in [3.8, 4) is 0 Å². The monoisotopic (exact) mass is 280 g/mol. The Hall–Kier alpha value is -2.10. The van der Waals surface area contributed by atoms with Crippen LogP contribution in [0.2, 0.25) is 0 Å². The number of fused-ring (bicyclic) bond motifs is 1. The molecule has 0 spiro atoms. The van der Waals surface area contributed by atoms with Crippen molar-refractivity contribution in [2.45, 2.75) is 18.4 Å². The van der Waals surface area contributed by atoms with E-state index in [1.807, 2.05) is 0 Å². The topological polar surface area (TPSA) is 130 Å². The van der Waals surface area contributed by atoms with Crippen LogP contribution in [0.4, 0.5) is 0 Å². The second-order valence-electron chi connectivity index (χ2n) is 4.51. The maximum Gasteiger partial charge on any atom is 0.278 e. The fraction of sp³-hybridized carbons (Fsp3) is 0.455. The lowest BCUT2D eigenvalue weighted by atomic mass is 10.0. The van der Waals surface area contributed by atoms with Crippen molar-refractivity contribution >= 4 is 17.5 Å². The third-order valence-electron chi connectivity index (χ3n) is 3.40. The second kappa shape index (κ2) is 4.78. The number of aldehydes is 1. The number of aliphatic hydroxyl groups is 2. The molecule has 0 aromatic carbocycles. The van der Waals surface area contributed by atoms with Gasteiger partial charge in [0.05, 0.1) is 31.3 Å². The summed E-state index contributed by atoms with van der Waals surface area (Å²) >= 11 is 0. The average molecular weight is 280 g/mol. The van der Waals surface area contributed by atoms with Crippen LogP contribution in [-0.4, -0.2) is 54.8 Å². The molecule has 0 saturated carbocycles. The zero-order valence-electron chi connectivity index (χ0n) is 10.2. The van der Waals surface area contributed by atoms with Crippen molar-refractivity contribution in [1.82, 2.24) is 19.5 Å². The fourth-order valence-corrected chi connectivity index (χ4v) is 2.37. The number of aliphatic hydroxyl groups excluding tert-OH is 2. The first-order valence-electron chi connectivity index (χ1n) is 5.97. The highest BCUT2D eigenvalue weighted by Gasteiger charge is 2.44. The Kier molecular flexibility index (Phi) is 3.08. The summed E-state index contributed by atoms with van der Waals surface area (Å²) in [4.78, 5) is 33.0. The van der Waals surface area contributed by atoms with E-state index in [0.717, 1.165) is 0 Å². The molecule has 0 radical (unpaired) electrons. The quantitative estimate of drug-likeness (QED) is 0.564. The molecule has 0 bridgehead atoms. The number of carbonyl (C=O) groups is 1. The molecule has 0 aliphatic carbocycles. The van der Waals surface area contributed by atoms with Gasteiger partial charge >= 0.3 is 0 Å². The van der Waals surface area contributed by atoms with Crippen molar-refractivity contribution in [1.29, 1.82) is 0 Å². The van der Waals surface area contributed by atoms with Crippen LogP contribution in [0.1, 0.15) is 6.23 Å². The molecule has 2 aromatic heterocycles. The summed E-state index contributed by atoms with van der Waals surface area (Å²) in [6.45, 7) is -0.414. The number of nitrogens with zero attached hydrogens (tertiary/aromatic N) is 3. The maximum atomic E-state index is 11.6. The smallest absolute Gasteiger partial charge is 0.278 e. The number of imidazole rings is 1. The maximum absolute atomic E-state index is 11.6. The first-order chi connectivity index (χ1) is 9.67. The lowest BCUT2D eigenvalue weighted by molar-refractivity contribution is -0.116. The Morgan fingerprint density at radius 1 is 1.50 bits per heavy atom. The van der Waals surface area contributed by atoms with Gasteiger partial charge in [-0.15, -0.1) is 0 Å². The van der Waals surface area contributed by atoms with Crippen LogP contribution in [0.5, 0.6) is 0 Å². The summed E-state index contributed by atoms with van der Waals surface area (Å²) in [5.74, 6) is -0.870. The van der Waals surface area contributed by atoms with Crippen LogP contribution in [0, 0.1) is 5.92 Å². The van der Waals surface area contributed by atoms with E-state index in [-0.39, 0.29) is 11.2 Å². The minimum Gasteiger partial charge on any atom is -0.394 e. The number of aromatic amines is 1. The summed E-state index contributed by atoms with van der Waals surface area (Å²) in [5, 5.41) is 19.0. The Balaban J connectivity index is 2.09. The molecule has 3 N–H and O–H groups in total. The number of rotatable bonds is 3. The van der Waals surface area contributed by atoms with Crippen LogP contribution in [0.15, 0.2) is 17.4 Å². The third kappa shape index (κ3) is 1.75. The predicted octanol–water partition coefficient (Wildman–Crippen LogP) is -1.81. The molecule has 1 saturated heterocycles. The fourth-order valence-electron chi connectivity index (χ4n) is 2.37. The standard InChI is InChI=1S/C11H12N4O5/c16-1-5-8(18)6(2-17)20-11(5)15-4-14-7-9(15)12-3-13-10(7)19/h1,3-6,8,11,17-18H,2H2,(H,12,13,19)/t5-,6+,8-,11+/m0/s1. The van der Waals surface area contributed by atoms with Gasteiger partial charge < -0.3 is 24.7 Å². The molecule has 9 heteroatoms. The van der Waals surface area contributed by atoms with E-state index < -0.39 is 36.5 Å². The van der Waals surface area contributed by atoms with E-state index in [0.29, 0.717) is 6.29 Å². The lowest BCUT2D eigenvalue weighted by Gasteiger charge is -2.16. The molecular weight excluding hydrogens is 268 g/mol. The minimum absolute atomic E-state index is 0.114. The molecule has 1 aliphatic heterocycles.